The van der Waals surface area contributed by atoms with Gasteiger partial charge in [0.1, 0.15) is 11.4 Å². The van der Waals surface area contributed by atoms with Gasteiger partial charge in [-0.2, -0.15) is 0 Å². The molecule has 6 nitrogen and oxygen atoms in total. The van der Waals surface area contributed by atoms with Gasteiger partial charge in [-0.1, -0.05) is 33.8 Å². The summed E-state index contributed by atoms with van der Waals surface area (Å²) >= 11 is 5.81. The molecule has 1 amide bonds. The van der Waals surface area contributed by atoms with Crippen molar-refractivity contribution in [1.29, 1.82) is 0 Å². The molecule has 0 radical (unpaired) electrons. The summed E-state index contributed by atoms with van der Waals surface area (Å²) in [4.78, 5) is 19.9. The van der Waals surface area contributed by atoms with Crippen molar-refractivity contribution >= 4 is 34.9 Å². The second-order valence-corrected chi connectivity index (χ2v) is 6.34. The van der Waals surface area contributed by atoms with Crippen LogP contribution in [0, 0.1) is 6.92 Å². The van der Waals surface area contributed by atoms with E-state index in [1.807, 2.05) is 67.5 Å². The van der Waals surface area contributed by atoms with Gasteiger partial charge in [0.15, 0.2) is 0 Å². The Morgan fingerprint density at radius 3 is 2.30 bits per heavy atom. The third kappa shape index (κ3) is 9.80. The highest BCUT2D eigenvalue weighted by atomic mass is 35.5. The number of nitrogens with zero attached hydrogens (tertiary/aromatic N) is 2. The van der Waals surface area contributed by atoms with Crippen LogP contribution in [0.1, 0.15) is 54.0 Å². The summed E-state index contributed by atoms with van der Waals surface area (Å²) in [6.07, 6.45) is 1.14. The molecule has 27 heavy (non-hydrogen) atoms. The second-order valence-electron chi connectivity index (χ2n) is 6.00. The lowest BCUT2D eigenvalue weighted by molar-refractivity contribution is 0.0636. The number of benzene rings is 1. The van der Waals surface area contributed by atoms with Crippen LogP contribution in [-0.2, 0) is 4.74 Å². The summed E-state index contributed by atoms with van der Waals surface area (Å²) in [6, 6.07) is 7.22. The zero-order chi connectivity index (χ0) is 21.0. The minimum absolute atomic E-state index is 0.168. The van der Waals surface area contributed by atoms with Crippen molar-refractivity contribution in [1.82, 2.24) is 9.97 Å². The summed E-state index contributed by atoms with van der Waals surface area (Å²) in [5.41, 5.74) is 1.69. The van der Waals surface area contributed by atoms with Crippen LogP contribution in [0.3, 0.4) is 0 Å². The second kappa shape index (κ2) is 12.1. The van der Waals surface area contributed by atoms with Gasteiger partial charge in [-0.15, -0.1) is 0 Å². The minimum atomic E-state index is -0.547. The Kier molecular flexibility index (Phi) is 11.1. The largest absolute Gasteiger partial charge is 0.444 e. The van der Waals surface area contributed by atoms with E-state index < -0.39 is 11.7 Å². The average Bonchev–Trinajstić information content (AvgIpc) is 2.60. The fourth-order valence-corrected chi connectivity index (χ4v) is 1.91. The van der Waals surface area contributed by atoms with Gasteiger partial charge < -0.3 is 10.1 Å². The van der Waals surface area contributed by atoms with Crippen molar-refractivity contribution in [3.63, 3.8) is 0 Å². The number of rotatable bonds is 3. The van der Waals surface area contributed by atoms with Crippen molar-refractivity contribution in [2.45, 2.75) is 61.0 Å². The first kappa shape index (κ1) is 24.7. The molecule has 150 valence electrons. The van der Waals surface area contributed by atoms with Crippen LogP contribution in [0.5, 0.6) is 0 Å². The predicted octanol–water partition coefficient (Wildman–Crippen LogP) is 6.58. The molecule has 2 aromatic rings. The Hall–Kier alpha value is -2.34. The van der Waals surface area contributed by atoms with E-state index in [0.29, 0.717) is 11.5 Å². The van der Waals surface area contributed by atoms with Crippen LogP contribution >= 0.6 is 11.6 Å². The number of carbonyl (C=O) groups is 1. The highest BCUT2D eigenvalue weighted by molar-refractivity contribution is 6.28. The van der Waals surface area contributed by atoms with E-state index in [1.165, 1.54) is 0 Å². The van der Waals surface area contributed by atoms with Gasteiger partial charge in [0.2, 0.25) is 5.28 Å². The fraction of sp³-hybridized carbons (Fsp3) is 0.450. The molecule has 0 aliphatic carbocycles. The van der Waals surface area contributed by atoms with Gasteiger partial charge in [0.05, 0.1) is 0 Å². The normalized spacial score (nSPS) is 9.81. The smallest absolute Gasteiger partial charge is 0.412 e. The Balaban J connectivity index is 0.00000158. The van der Waals surface area contributed by atoms with Crippen molar-refractivity contribution in [2.75, 3.05) is 10.6 Å². The summed E-state index contributed by atoms with van der Waals surface area (Å²) in [5, 5.41) is 6.01. The lowest BCUT2D eigenvalue weighted by atomic mass is 10.2. The van der Waals surface area contributed by atoms with Gasteiger partial charge in [-0.05, 0) is 57.5 Å². The maximum Gasteiger partial charge on any atom is 0.412 e. The molecule has 0 unspecified atom stereocenters. The van der Waals surface area contributed by atoms with E-state index in [0.717, 1.165) is 11.3 Å². The van der Waals surface area contributed by atoms with E-state index in [-0.39, 0.29) is 5.28 Å². The number of aryl methyl sites for hydroxylation is 1. The Morgan fingerprint density at radius 2 is 1.70 bits per heavy atom. The quantitative estimate of drug-likeness (QED) is 0.575. The van der Waals surface area contributed by atoms with E-state index in [2.05, 4.69) is 20.6 Å². The SMILES string of the molecule is CC.CC.Cc1cnc(Cl)nc1Nc1cccc(NC(=O)OC(C)(C)C)c1. The third-order valence-electron chi connectivity index (χ3n) is 2.71. The average molecular weight is 395 g/mol. The van der Waals surface area contributed by atoms with Crippen molar-refractivity contribution in [2.24, 2.45) is 0 Å². The lowest BCUT2D eigenvalue weighted by Gasteiger charge is -2.19. The van der Waals surface area contributed by atoms with E-state index in [4.69, 9.17) is 16.3 Å². The summed E-state index contributed by atoms with van der Waals surface area (Å²) < 4.78 is 5.23. The third-order valence-corrected chi connectivity index (χ3v) is 2.90. The molecule has 2 N–H and O–H groups in total. The number of ether oxygens (including phenoxy) is 1. The highest BCUT2D eigenvalue weighted by Crippen LogP contribution is 2.22. The molecule has 0 saturated heterocycles. The zero-order valence-electron chi connectivity index (χ0n) is 17.5. The van der Waals surface area contributed by atoms with Crippen LogP contribution < -0.4 is 10.6 Å². The topological polar surface area (TPSA) is 76.1 Å². The maximum atomic E-state index is 11.8. The van der Waals surface area contributed by atoms with Crippen LogP contribution in [0.15, 0.2) is 30.5 Å². The maximum absolute atomic E-state index is 11.8. The summed E-state index contributed by atoms with van der Waals surface area (Å²) in [6.45, 7) is 15.3. The van der Waals surface area contributed by atoms with Crippen LogP contribution in [0.4, 0.5) is 22.0 Å². The van der Waals surface area contributed by atoms with Gasteiger partial charge in [-0.25, -0.2) is 14.8 Å². The van der Waals surface area contributed by atoms with Gasteiger partial charge in [-0.3, -0.25) is 5.32 Å². The molecule has 7 heteroatoms. The Morgan fingerprint density at radius 1 is 1.11 bits per heavy atom. The number of aromatic nitrogens is 2. The lowest BCUT2D eigenvalue weighted by Crippen LogP contribution is -2.27. The molecule has 1 aromatic heterocycles. The van der Waals surface area contributed by atoms with E-state index in [9.17, 15) is 4.79 Å². The van der Waals surface area contributed by atoms with Crippen molar-refractivity contribution < 1.29 is 9.53 Å². The minimum Gasteiger partial charge on any atom is -0.444 e. The van der Waals surface area contributed by atoms with Crippen molar-refractivity contribution in [3.8, 4) is 0 Å². The van der Waals surface area contributed by atoms with Crippen LogP contribution in [0.2, 0.25) is 5.28 Å². The van der Waals surface area contributed by atoms with Gasteiger partial charge in [0, 0.05) is 23.1 Å². The van der Waals surface area contributed by atoms with Gasteiger partial charge >= 0.3 is 6.09 Å². The molecular weight excluding hydrogens is 364 g/mol. The summed E-state index contributed by atoms with van der Waals surface area (Å²) in [5.74, 6) is 0.611. The first-order valence-electron chi connectivity index (χ1n) is 9.09. The molecule has 1 aromatic carbocycles. The molecule has 0 spiro atoms. The number of nitrogens with one attached hydrogen (secondary N) is 2. The Bertz CT molecular complexity index is 715. The Labute approximate surface area is 167 Å². The number of amides is 1. The summed E-state index contributed by atoms with van der Waals surface area (Å²) in [7, 11) is 0. The molecule has 1 heterocycles. The number of halogens is 1. The van der Waals surface area contributed by atoms with E-state index >= 15 is 0 Å². The monoisotopic (exact) mass is 394 g/mol. The molecule has 0 aliphatic heterocycles. The zero-order valence-corrected chi connectivity index (χ0v) is 18.2. The number of anilines is 3. The molecular formula is C20H31ClN4O2. The number of hydrogen-bond acceptors (Lipinski definition) is 5. The molecule has 0 saturated carbocycles. The van der Waals surface area contributed by atoms with E-state index in [1.54, 1.807) is 18.3 Å². The first-order chi connectivity index (χ1) is 12.7. The number of carbonyl (C=O) groups excluding carboxylic acids is 1. The molecule has 2 rings (SSSR count). The fourth-order valence-electron chi connectivity index (χ4n) is 1.78. The molecule has 0 bridgehead atoms. The molecule has 0 atom stereocenters. The van der Waals surface area contributed by atoms with Gasteiger partial charge in [0.25, 0.3) is 0 Å². The van der Waals surface area contributed by atoms with Crippen LogP contribution in [0.25, 0.3) is 0 Å². The standard InChI is InChI=1S/C16H19ClN4O2.2C2H6/c1-10-9-18-14(17)21-13(10)19-11-6-5-7-12(8-11)20-15(22)23-16(2,3)4;2*1-2/h5-9H,1-4H3,(H,20,22)(H,18,19,21);2*1-2H3. The first-order valence-corrected chi connectivity index (χ1v) is 9.47. The highest BCUT2D eigenvalue weighted by Gasteiger charge is 2.16. The predicted molar refractivity (Wildman–Crippen MR) is 114 cm³/mol. The molecule has 0 aliphatic rings. The van der Waals surface area contributed by atoms with Crippen molar-refractivity contribution in [3.05, 3.63) is 41.3 Å². The molecule has 0 fully saturated rings. The number of hydrogen-bond donors (Lipinski definition) is 2. The van der Waals surface area contributed by atoms with Crippen LogP contribution in [-0.4, -0.2) is 21.7 Å².